The maximum absolute atomic E-state index is 9.91. The van der Waals surface area contributed by atoms with Gasteiger partial charge in [0.15, 0.2) is 0 Å². The van der Waals surface area contributed by atoms with Crippen molar-refractivity contribution in [3.05, 3.63) is 23.3 Å². The van der Waals surface area contributed by atoms with E-state index in [2.05, 4.69) is 0 Å². The second-order valence-corrected chi connectivity index (χ2v) is 3.02. The lowest BCUT2D eigenvalue weighted by atomic mass is 9.89. The van der Waals surface area contributed by atoms with Gasteiger partial charge >= 0.3 is 0 Å². The Bertz CT molecular complexity index is 165. The smallest absolute Gasteiger partial charge is 0.103 e. The monoisotopic (exact) mass is 154 g/mol. The zero-order valence-electron chi connectivity index (χ0n) is 8.10. The maximum atomic E-state index is 9.91. The Morgan fingerprint density at radius 3 is 1.55 bits per heavy atom. The molecule has 0 saturated heterocycles. The molecule has 11 heavy (non-hydrogen) atoms. The lowest BCUT2D eigenvalue weighted by molar-refractivity contribution is 0.137. The highest BCUT2D eigenvalue weighted by atomic mass is 16.3. The molecule has 0 rings (SSSR count). The van der Waals surface area contributed by atoms with Crippen molar-refractivity contribution >= 4 is 0 Å². The van der Waals surface area contributed by atoms with Crippen LogP contribution in [0, 0.1) is 0 Å². The Labute approximate surface area is 69.4 Å². The third-order valence-corrected chi connectivity index (χ3v) is 2.40. The molecule has 0 aliphatic carbocycles. The van der Waals surface area contributed by atoms with Crippen LogP contribution in [0.5, 0.6) is 0 Å². The van der Waals surface area contributed by atoms with Crippen LogP contribution in [0.4, 0.5) is 0 Å². The summed E-state index contributed by atoms with van der Waals surface area (Å²) < 4.78 is 0. The van der Waals surface area contributed by atoms with Crippen molar-refractivity contribution in [2.24, 2.45) is 0 Å². The molecule has 64 valence electrons. The SMILES string of the molecule is C/C=C(/C)C(C)(O)/C(C)=C/C. The van der Waals surface area contributed by atoms with Crippen LogP contribution in [0.3, 0.4) is 0 Å². The lowest BCUT2D eigenvalue weighted by Crippen LogP contribution is -2.26. The van der Waals surface area contributed by atoms with E-state index in [1.807, 2.05) is 46.8 Å². The highest BCUT2D eigenvalue weighted by Gasteiger charge is 2.22. The standard InChI is InChI=1S/C10H18O/c1-6-8(3)10(5,11)9(4)7-2/h6-7,11H,1-5H3/b8-6-,9-7+. The van der Waals surface area contributed by atoms with E-state index in [0.29, 0.717) is 0 Å². The zero-order chi connectivity index (χ0) is 9.07. The molecule has 0 aromatic rings. The van der Waals surface area contributed by atoms with Gasteiger partial charge in [0.1, 0.15) is 5.60 Å². The van der Waals surface area contributed by atoms with Gasteiger partial charge in [-0.2, -0.15) is 0 Å². The molecule has 1 unspecified atom stereocenters. The van der Waals surface area contributed by atoms with Crippen LogP contribution in [0.25, 0.3) is 0 Å². The minimum Gasteiger partial charge on any atom is -0.381 e. The summed E-state index contributed by atoms with van der Waals surface area (Å²) in [5.41, 5.74) is 1.23. The van der Waals surface area contributed by atoms with Gasteiger partial charge in [0, 0.05) is 0 Å². The largest absolute Gasteiger partial charge is 0.381 e. The van der Waals surface area contributed by atoms with Crippen molar-refractivity contribution in [3.8, 4) is 0 Å². The van der Waals surface area contributed by atoms with Crippen LogP contribution in [0.1, 0.15) is 34.6 Å². The molecule has 0 bridgehead atoms. The van der Waals surface area contributed by atoms with Crippen molar-refractivity contribution in [3.63, 3.8) is 0 Å². The first kappa shape index (κ1) is 10.4. The molecule has 0 saturated carbocycles. The van der Waals surface area contributed by atoms with Gasteiger partial charge in [-0.1, -0.05) is 12.2 Å². The first-order valence-corrected chi connectivity index (χ1v) is 3.96. The van der Waals surface area contributed by atoms with Crippen LogP contribution < -0.4 is 0 Å². The van der Waals surface area contributed by atoms with E-state index in [9.17, 15) is 5.11 Å². The molecule has 0 aliphatic heterocycles. The molecule has 1 nitrogen and oxygen atoms in total. The molecular weight excluding hydrogens is 136 g/mol. The zero-order valence-corrected chi connectivity index (χ0v) is 8.10. The van der Waals surface area contributed by atoms with E-state index in [-0.39, 0.29) is 0 Å². The van der Waals surface area contributed by atoms with Crippen molar-refractivity contribution in [2.45, 2.75) is 40.2 Å². The molecule has 1 heteroatoms. The molecule has 0 aromatic carbocycles. The van der Waals surface area contributed by atoms with Crippen LogP contribution >= 0.6 is 0 Å². The summed E-state index contributed by atoms with van der Waals surface area (Å²) in [6, 6.07) is 0. The van der Waals surface area contributed by atoms with E-state index in [4.69, 9.17) is 0 Å². The van der Waals surface area contributed by atoms with E-state index in [1.54, 1.807) is 0 Å². The molecule has 0 aromatic heterocycles. The topological polar surface area (TPSA) is 20.2 Å². The highest BCUT2D eigenvalue weighted by Crippen LogP contribution is 2.24. The van der Waals surface area contributed by atoms with Crippen molar-refractivity contribution in [2.75, 3.05) is 0 Å². The second kappa shape index (κ2) is 3.72. The molecule has 0 spiro atoms. The van der Waals surface area contributed by atoms with Gasteiger partial charge in [-0.3, -0.25) is 0 Å². The van der Waals surface area contributed by atoms with Crippen LogP contribution in [-0.4, -0.2) is 10.7 Å². The van der Waals surface area contributed by atoms with E-state index < -0.39 is 5.60 Å². The van der Waals surface area contributed by atoms with Crippen molar-refractivity contribution in [1.29, 1.82) is 0 Å². The normalized spacial score (nSPS) is 19.8. The third kappa shape index (κ3) is 2.19. The van der Waals surface area contributed by atoms with E-state index >= 15 is 0 Å². The molecule has 0 amide bonds. The predicted octanol–water partition coefficient (Wildman–Crippen LogP) is 2.67. The van der Waals surface area contributed by atoms with Crippen LogP contribution in [0.2, 0.25) is 0 Å². The number of hydrogen-bond acceptors (Lipinski definition) is 1. The van der Waals surface area contributed by atoms with E-state index in [0.717, 1.165) is 11.1 Å². The number of hydrogen-bond donors (Lipinski definition) is 1. The number of allylic oxidation sites excluding steroid dienone is 2. The van der Waals surface area contributed by atoms with Gasteiger partial charge in [0.05, 0.1) is 0 Å². The van der Waals surface area contributed by atoms with Gasteiger partial charge in [-0.25, -0.2) is 0 Å². The molecule has 0 fully saturated rings. The fourth-order valence-electron chi connectivity index (χ4n) is 0.873. The Balaban J connectivity index is 4.73. The summed E-state index contributed by atoms with van der Waals surface area (Å²) in [4.78, 5) is 0. The third-order valence-electron chi connectivity index (χ3n) is 2.40. The fraction of sp³-hybridized carbons (Fsp3) is 0.600. The summed E-state index contributed by atoms with van der Waals surface area (Å²) in [6.45, 7) is 9.57. The Morgan fingerprint density at radius 2 is 1.36 bits per heavy atom. The van der Waals surface area contributed by atoms with Crippen LogP contribution in [-0.2, 0) is 0 Å². The van der Waals surface area contributed by atoms with Gasteiger partial charge in [0.25, 0.3) is 0 Å². The molecule has 0 aliphatic rings. The van der Waals surface area contributed by atoms with Crippen LogP contribution in [0.15, 0.2) is 23.3 Å². The summed E-state index contributed by atoms with van der Waals surface area (Å²) >= 11 is 0. The average molecular weight is 154 g/mol. The highest BCUT2D eigenvalue weighted by molar-refractivity contribution is 5.27. The Hall–Kier alpha value is -0.560. The van der Waals surface area contributed by atoms with Gasteiger partial charge in [-0.15, -0.1) is 0 Å². The minimum absolute atomic E-state index is 0.760. The quantitative estimate of drug-likeness (QED) is 0.606. The maximum Gasteiger partial charge on any atom is 0.103 e. The summed E-state index contributed by atoms with van der Waals surface area (Å²) in [7, 11) is 0. The second-order valence-electron chi connectivity index (χ2n) is 3.02. The van der Waals surface area contributed by atoms with Gasteiger partial charge in [-0.05, 0) is 45.8 Å². The molecule has 0 radical (unpaired) electrons. The minimum atomic E-state index is -0.760. The summed E-state index contributed by atoms with van der Waals surface area (Å²) in [5.74, 6) is 0. The first-order valence-electron chi connectivity index (χ1n) is 3.96. The summed E-state index contributed by atoms with van der Waals surface area (Å²) in [6.07, 6.45) is 3.88. The molecule has 0 heterocycles. The summed E-state index contributed by atoms with van der Waals surface area (Å²) in [5, 5.41) is 9.91. The number of rotatable bonds is 2. The molecular formula is C10H18O. The van der Waals surface area contributed by atoms with Gasteiger partial charge in [0.2, 0.25) is 0 Å². The Morgan fingerprint density at radius 1 is 1.09 bits per heavy atom. The lowest BCUT2D eigenvalue weighted by Gasteiger charge is -2.25. The van der Waals surface area contributed by atoms with Crippen molar-refractivity contribution in [1.82, 2.24) is 0 Å². The van der Waals surface area contributed by atoms with E-state index in [1.165, 1.54) is 0 Å². The molecule has 1 N–H and O–H groups in total. The van der Waals surface area contributed by atoms with Gasteiger partial charge < -0.3 is 5.11 Å². The Kier molecular flexibility index (Phi) is 3.53. The molecule has 1 atom stereocenters. The fourth-order valence-corrected chi connectivity index (χ4v) is 0.873. The number of aliphatic hydroxyl groups is 1. The average Bonchev–Trinajstić information content (AvgIpc) is 2.01. The first-order chi connectivity index (χ1) is 4.96. The van der Waals surface area contributed by atoms with Crippen molar-refractivity contribution < 1.29 is 5.11 Å². The predicted molar refractivity (Wildman–Crippen MR) is 49.5 cm³/mol.